The minimum absolute atomic E-state index is 0.515. The number of aromatic nitrogens is 1. The SMILES string of the molecule is C=C1OCc2c1ccc(CCNC/C(C=N)=C/Nc1ccc(C#N)cn1)c2C. The van der Waals surface area contributed by atoms with Crippen molar-refractivity contribution < 1.29 is 4.74 Å². The molecule has 6 heteroatoms. The number of nitrogens with zero attached hydrogens (tertiary/aromatic N) is 2. The zero-order valence-corrected chi connectivity index (χ0v) is 15.9. The van der Waals surface area contributed by atoms with Crippen LogP contribution in [0.25, 0.3) is 5.76 Å². The molecule has 28 heavy (non-hydrogen) atoms. The van der Waals surface area contributed by atoms with Crippen LogP contribution in [0.5, 0.6) is 0 Å². The van der Waals surface area contributed by atoms with E-state index in [1.807, 2.05) is 6.07 Å². The van der Waals surface area contributed by atoms with Crippen molar-refractivity contribution in [2.45, 2.75) is 20.0 Å². The highest BCUT2D eigenvalue weighted by molar-refractivity contribution is 5.76. The lowest BCUT2D eigenvalue weighted by Crippen LogP contribution is -2.21. The van der Waals surface area contributed by atoms with Crippen LogP contribution in [-0.2, 0) is 17.8 Å². The summed E-state index contributed by atoms with van der Waals surface area (Å²) in [4.78, 5) is 4.15. The molecule has 0 saturated carbocycles. The molecule has 3 N–H and O–H groups in total. The summed E-state index contributed by atoms with van der Waals surface area (Å²) in [5, 5.41) is 22.8. The molecular weight excluding hydrogens is 350 g/mol. The van der Waals surface area contributed by atoms with Crippen LogP contribution >= 0.6 is 0 Å². The van der Waals surface area contributed by atoms with Gasteiger partial charge in [0.1, 0.15) is 24.3 Å². The lowest BCUT2D eigenvalue weighted by Gasteiger charge is -2.11. The number of hydrogen-bond acceptors (Lipinski definition) is 6. The summed E-state index contributed by atoms with van der Waals surface area (Å²) in [5.74, 6) is 1.39. The van der Waals surface area contributed by atoms with E-state index < -0.39 is 0 Å². The van der Waals surface area contributed by atoms with E-state index >= 15 is 0 Å². The standard InChI is InChI=1S/C22H23N5O/c1-15-19(4-5-20-16(2)28-14-21(15)20)7-8-25-11-18(10-24)13-27-22-6-3-17(9-23)12-26-22/h3-6,10,12-13,24-25H,2,7-8,11,14H2,1H3,(H,26,27)/b18-13+,24-10?. The molecule has 142 valence electrons. The third kappa shape index (κ3) is 4.45. The summed E-state index contributed by atoms with van der Waals surface area (Å²) >= 11 is 0. The fourth-order valence-electron chi connectivity index (χ4n) is 3.07. The molecule has 3 rings (SSSR count). The Bertz CT molecular complexity index is 954. The number of rotatable bonds is 8. The van der Waals surface area contributed by atoms with Crippen LogP contribution in [0.2, 0.25) is 0 Å². The number of nitriles is 1. The van der Waals surface area contributed by atoms with Gasteiger partial charge in [0.2, 0.25) is 0 Å². The summed E-state index contributed by atoms with van der Waals surface area (Å²) in [5.41, 5.74) is 6.24. The van der Waals surface area contributed by atoms with Gasteiger partial charge >= 0.3 is 0 Å². The molecule has 0 saturated heterocycles. The number of ether oxygens (including phenoxy) is 1. The van der Waals surface area contributed by atoms with E-state index in [4.69, 9.17) is 15.4 Å². The van der Waals surface area contributed by atoms with Crippen molar-refractivity contribution in [2.75, 3.05) is 18.4 Å². The largest absolute Gasteiger partial charge is 0.489 e. The Hall–Kier alpha value is -3.43. The first-order valence-corrected chi connectivity index (χ1v) is 9.08. The molecule has 1 aliphatic heterocycles. The molecule has 0 unspecified atom stereocenters. The van der Waals surface area contributed by atoms with Gasteiger partial charge in [-0.25, -0.2) is 4.98 Å². The first kappa shape index (κ1) is 19.3. The molecule has 0 fully saturated rings. The Balaban J connectivity index is 1.50. The van der Waals surface area contributed by atoms with Crippen molar-refractivity contribution in [2.24, 2.45) is 0 Å². The van der Waals surface area contributed by atoms with Crippen molar-refractivity contribution >= 4 is 17.8 Å². The van der Waals surface area contributed by atoms with Crippen molar-refractivity contribution in [3.05, 3.63) is 76.6 Å². The molecular formula is C22H23N5O. The van der Waals surface area contributed by atoms with Crippen molar-refractivity contribution in [3.8, 4) is 6.07 Å². The maximum Gasteiger partial charge on any atom is 0.129 e. The normalized spacial score (nSPS) is 12.9. The third-order valence-corrected chi connectivity index (χ3v) is 4.79. The second-order valence-corrected chi connectivity index (χ2v) is 6.57. The molecule has 2 heterocycles. The van der Waals surface area contributed by atoms with Crippen LogP contribution in [0.1, 0.15) is 27.8 Å². The molecule has 2 aromatic rings. The maximum atomic E-state index is 8.79. The zero-order valence-electron chi connectivity index (χ0n) is 15.9. The highest BCUT2D eigenvalue weighted by atomic mass is 16.5. The van der Waals surface area contributed by atoms with E-state index in [1.54, 1.807) is 18.3 Å². The van der Waals surface area contributed by atoms with E-state index in [2.05, 4.69) is 41.3 Å². The predicted octanol–water partition coefficient (Wildman–Crippen LogP) is 3.54. The Morgan fingerprint density at radius 1 is 1.39 bits per heavy atom. The molecule has 0 radical (unpaired) electrons. The smallest absolute Gasteiger partial charge is 0.129 e. The molecule has 0 atom stereocenters. The second-order valence-electron chi connectivity index (χ2n) is 6.57. The lowest BCUT2D eigenvalue weighted by atomic mass is 9.96. The van der Waals surface area contributed by atoms with Gasteiger partial charge in [-0.15, -0.1) is 0 Å². The summed E-state index contributed by atoms with van der Waals surface area (Å²) < 4.78 is 5.54. The van der Waals surface area contributed by atoms with Crippen LogP contribution in [0.3, 0.4) is 0 Å². The predicted molar refractivity (Wildman–Crippen MR) is 111 cm³/mol. The topological polar surface area (TPSA) is 93.8 Å². The average molecular weight is 373 g/mol. The van der Waals surface area contributed by atoms with Gasteiger partial charge in [-0.05, 0) is 48.7 Å². The Labute approximate surface area is 165 Å². The lowest BCUT2D eigenvalue weighted by molar-refractivity contribution is 0.286. The number of hydrogen-bond donors (Lipinski definition) is 3. The van der Waals surface area contributed by atoms with E-state index in [0.29, 0.717) is 24.5 Å². The van der Waals surface area contributed by atoms with Crippen LogP contribution < -0.4 is 10.6 Å². The molecule has 1 aliphatic rings. The number of nitrogens with one attached hydrogen (secondary N) is 3. The first-order valence-electron chi connectivity index (χ1n) is 9.08. The molecule has 1 aromatic heterocycles. The minimum Gasteiger partial charge on any atom is -0.489 e. The average Bonchev–Trinajstić information content (AvgIpc) is 3.11. The first-order chi connectivity index (χ1) is 13.6. The van der Waals surface area contributed by atoms with Gasteiger partial charge in [0.05, 0.1) is 5.56 Å². The van der Waals surface area contributed by atoms with Gasteiger partial charge in [-0.2, -0.15) is 5.26 Å². The molecule has 0 spiro atoms. The van der Waals surface area contributed by atoms with Gasteiger partial charge in [0.25, 0.3) is 0 Å². The highest BCUT2D eigenvalue weighted by Crippen LogP contribution is 2.32. The highest BCUT2D eigenvalue weighted by Gasteiger charge is 2.19. The summed E-state index contributed by atoms with van der Waals surface area (Å²) in [6.45, 7) is 8.06. The fraction of sp³-hybridized carbons (Fsp3) is 0.227. The van der Waals surface area contributed by atoms with Crippen LogP contribution in [0.4, 0.5) is 5.82 Å². The summed E-state index contributed by atoms with van der Waals surface area (Å²) in [6, 6.07) is 9.70. The van der Waals surface area contributed by atoms with Crippen LogP contribution in [-0.4, -0.2) is 24.3 Å². The van der Waals surface area contributed by atoms with Crippen molar-refractivity contribution in [3.63, 3.8) is 0 Å². The van der Waals surface area contributed by atoms with Gasteiger partial charge in [-0.1, -0.05) is 18.7 Å². The zero-order chi connectivity index (χ0) is 19.9. The monoisotopic (exact) mass is 373 g/mol. The number of pyridine rings is 1. The molecule has 0 bridgehead atoms. The molecule has 6 nitrogen and oxygen atoms in total. The Morgan fingerprint density at radius 3 is 2.96 bits per heavy atom. The van der Waals surface area contributed by atoms with E-state index in [0.717, 1.165) is 29.9 Å². The quantitative estimate of drug-likeness (QED) is 0.486. The molecule has 0 amide bonds. The summed E-state index contributed by atoms with van der Waals surface area (Å²) in [6.07, 6.45) is 5.48. The summed E-state index contributed by atoms with van der Waals surface area (Å²) in [7, 11) is 0. The minimum atomic E-state index is 0.515. The third-order valence-electron chi connectivity index (χ3n) is 4.79. The molecule has 0 aliphatic carbocycles. The number of fused-ring (bicyclic) bond motifs is 1. The molecule has 1 aromatic carbocycles. The van der Waals surface area contributed by atoms with E-state index in [-0.39, 0.29) is 0 Å². The van der Waals surface area contributed by atoms with Gasteiger partial charge in [-0.3, -0.25) is 0 Å². The number of benzene rings is 1. The van der Waals surface area contributed by atoms with Crippen LogP contribution in [0, 0.1) is 23.7 Å². The van der Waals surface area contributed by atoms with Crippen molar-refractivity contribution in [1.29, 1.82) is 10.7 Å². The van der Waals surface area contributed by atoms with Crippen molar-refractivity contribution in [1.82, 2.24) is 10.3 Å². The van der Waals surface area contributed by atoms with Gasteiger partial charge in [0, 0.05) is 36.3 Å². The second kappa shape index (κ2) is 8.98. The van der Waals surface area contributed by atoms with Crippen LogP contribution in [0.15, 0.2) is 48.8 Å². The van der Waals surface area contributed by atoms with E-state index in [9.17, 15) is 0 Å². The van der Waals surface area contributed by atoms with E-state index in [1.165, 1.54) is 29.1 Å². The van der Waals surface area contributed by atoms with Gasteiger partial charge in [0.15, 0.2) is 0 Å². The Kier molecular flexibility index (Phi) is 6.20. The van der Waals surface area contributed by atoms with Gasteiger partial charge < -0.3 is 20.8 Å². The Morgan fingerprint density at radius 2 is 2.25 bits per heavy atom. The fourth-order valence-corrected chi connectivity index (χ4v) is 3.07. The maximum absolute atomic E-state index is 8.79. The number of anilines is 1.